The third-order valence-electron chi connectivity index (χ3n) is 2.76. The summed E-state index contributed by atoms with van der Waals surface area (Å²) in [4.78, 5) is 13.8. The second kappa shape index (κ2) is 5.89. The molecule has 106 valence electrons. The van der Waals surface area contributed by atoms with Gasteiger partial charge in [-0.1, -0.05) is 30.3 Å². The smallest absolute Gasteiger partial charge is 0.322 e. The van der Waals surface area contributed by atoms with Gasteiger partial charge in [0, 0.05) is 12.4 Å². The van der Waals surface area contributed by atoms with Crippen LogP contribution in [0, 0.1) is 0 Å². The summed E-state index contributed by atoms with van der Waals surface area (Å²) in [6, 6.07) is 9.01. The number of aliphatic carboxylic acids is 1. The molecular weight excluding hydrogens is 280 g/mol. The normalized spacial score (nSPS) is 13.0. The monoisotopic (exact) mass is 294 g/mol. The maximum Gasteiger partial charge on any atom is 0.322 e. The molecular formula is C13H14N2O4S. The highest BCUT2D eigenvalue weighted by atomic mass is 32.2. The van der Waals surface area contributed by atoms with Crippen LogP contribution >= 0.6 is 0 Å². The summed E-state index contributed by atoms with van der Waals surface area (Å²) in [6.07, 6.45) is 2.84. The Bertz CT molecular complexity index is 666. The summed E-state index contributed by atoms with van der Waals surface area (Å²) in [7, 11) is -3.84. The third-order valence-corrected chi connectivity index (χ3v) is 4.23. The maximum absolute atomic E-state index is 12.0. The Kier molecular flexibility index (Phi) is 4.21. The van der Waals surface area contributed by atoms with Crippen molar-refractivity contribution in [2.24, 2.45) is 0 Å². The summed E-state index contributed by atoms with van der Waals surface area (Å²) in [5.74, 6) is -1.21. The summed E-state index contributed by atoms with van der Waals surface area (Å²) in [5, 5.41) is 9.16. The van der Waals surface area contributed by atoms with Gasteiger partial charge in [-0.3, -0.25) is 4.79 Å². The number of carboxylic acid groups (broad SMARTS) is 1. The Morgan fingerprint density at radius 1 is 1.25 bits per heavy atom. The van der Waals surface area contributed by atoms with Gasteiger partial charge < -0.3 is 10.1 Å². The zero-order chi connectivity index (χ0) is 14.6. The second-order valence-corrected chi connectivity index (χ2v) is 5.96. The van der Waals surface area contributed by atoms with E-state index < -0.39 is 22.0 Å². The summed E-state index contributed by atoms with van der Waals surface area (Å²) >= 11 is 0. The number of aromatic amines is 1. The van der Waals surface area contributed by atoms with E-state index in [9.17, 15) is 13.2 Å². The zero-order valence-corrected chi connectivity index (χ0v) is 11.3. The summed E-state index contributed by atoms with van der Waals surface area (Å²) in [6.45, 7) is 0. The molecule has 0 saturated heterocycles. The van der Waals surface area contributed by atoms with Crippen molar-refractivity contribution < 1.29 is 18.3 Å². The van der Waals surface area contributed by atoms with Gasteiger partial charge in [0.1, 0.15) is 6.04 Å². The molecule has 1 atom stereocenters. The van der Waals surface area contributed by atoms with Crippen molar-refractivity contribution in [3.8, 4) is 0 Å². The van der Waals surface area contributed by atoms with Crippen LogP contribution in [0.5, 0.6) is 0 Å². The molecule has 0 amide bonds. The van der Waals surface area contributed by atoms with E-state index in [0.717, 1.165) is 5.56 Å². The number of sulfonamides is 1. The van der Waals surface area contributed by atoms with Crippen LogP contribution in [-0.4, -0.2) is 30.5 Å². The molecule has 0 fully saturated rings. The molecule has 1 aromatic carbocycles. The van der Waals surface area contributed by atoms with Crippen LogP contribution in [0.15, 0.2) is 53.7 Å². The number of benzene rings is 1. The van der Waals surface area contributed by atoms with Crippen molar-refractivity contribution in [1.82, 2.24) is 9.71 Å². The van der Waals surface area contributed by atoms with Gasteiger partial charge in [-0.05, 0) is 18.1 Å². The molecule has 0 spiro atoms. The molecule has 0 aliphatic carbocycles. The number of hydrogen-bond acceptors (Lipinski definition) is 3. The highest BCUT2D eigenvalue weighted by Crippen LogP contribution is 2.10. The van der Waals surface area contributed by atoms with E-state index in [-0.39, 0.29) is 11.3 Å². The van der Waals surface area contributed by atoms with Crippen molar-refractivity contribution >= 4 is 16.0 Å². The predicted octanol–water partition coefficient (Wildman–Crippen LogP) is 0.989. The van der Waals surface area contributed by atoms with Gasteiger partial charge in [0.2, 0.25) is 10.0 Å². The first-order chi connectivity index (χ1) is 9.49. The van der Waals surface area contributed by atoms with E-state index in [1.165, 1.54) is 18.5 Å². The quantitative estimate of drug-likeness (QED) is 0.739. The van der Waals surface area contributed by atoms with Crippen LogP contribution in [-0.2, 0) is 21.2 Å². The number of nitrogens with one attached hydrogen (secondary N) is 2. The first-order valence-corrected chi connectivity index (χ1v) is 7.39. The number of carbonyl (C=O) groups is 1. The molecule has 3 N–H and O–H groups in total. The van der Waals surface area contributed by atoms with Gasteiger partial charge in [0.05, 0.1) is 4.90 Å². The van der Waals surface area contributed by atoms with Crippen molar-refractivity contribution in [3.63, 3.8) is 0 Å². The summed E-state index contributed by atoms with van der Waals surface area (Å²) in [5.41, 5.74) is 0.747. The first kappa shape index (κ1) is 14.3. The van der Waals surface area contributed by atoms with Crippen LogP contribution in [0.1, 0.15) is 5.56 Å². The molecule has 6 nitrogen and oxygen atoms in total. The Morgan fingerprint density at radius 3 is 2.50 bits per heavy atom. The van der Waals surface area contributed by atoms with Crippen LogP contribution in [0.2, 0.25) is 0 Å². The van der Waals surface area contributed by atoms with Gasteiger partial charge in [-0.2, -0.15) is 4.72 Å². The van der Waals surface area contributed by atoms with E-state index in [2.05, 4.69) is 9.71 Å². The van der Waals surface area contributed by atoms with E-state index in [1.54, 1.807) is 24.3 Å². The molecule has 2 rings (SSSR count). The van der Waals surface area contributed by atoms with Gasteiger partial charge in [-0.25, -0.2) is 8.42 Å². The van der Waals surface area contributed by atoms with E-state index >= 15 is 0 Å². The first-order valence-electron chi connectivity index (χ1n) is 5.91. The van der Waals surface area contributed by atoms with E-state index in [0.29, 0.717) is 0 Å². The van der Waals surface area contributed by atoms with Crippen LogP contribution in [0.3, 0.4) is 0 Å². The minimum absolute atomic E-state index is 0.0109. The number of hydrogen-bond donors (Lipinski definition) is 3. The Labute approximate surface area is 116 Å². The van der Waals surface area contributed by atoms with Gasteiger partial charge in [-0.15, -0.1) is 0 Å². The predicted molar refractivity (Wildman–Crippen MR) is 72.7 cm³/mol. The van der Waals surface area contributed by atoms with Gasteiger partial charge in [0.25, 0.3) is 0 Å². The Balaban J connectivity index is 2.17. The van der Waals surface area contributed by atoms with Crippen molar-refractivity contribution in [3.05, 3.63) is 54.4 Å². The molecule has 7 heteroatoms. The lowest BCUT2D eigenvalue weighted by atomic mass is 10.1. The molecule has 1 aromatic heterocycles. The fourth-order valence-corrected chi connectivity index (χ4v) is 2.93. The molecule has 20 heavy (non-hydrogen) atoms. The average Bonchev–Trinajstić information content (AvgIpc) is 2.93. The molecule has 0 aliphatic heterocycles. The third kappa shape index (κ3) is 3.46. The van der Waals surface area contributed by atoms with Gasteiger partial charge >= 0.3 is 5.97 Å². The van der Waals surface area contributed by atoms with Crippen LogP contribution < -0.4 is 4.72 Å². The molecule has 0 radical (unpaired) electrons. The molecule has 0 aliphatic rings. The number of rotatable bonds is 6. The highest BCUT2D eigenvalue weighted by molar-refractivity contribution is 7.89. The fraction of sp³-hybridized carbons (Fsp3) is 0.154. The minimum atomic E-state index is -3.84. The lowest BCUT2D eigenvalue weighted by molar-refractivity contribution is -0.138. The molecule has 0 unspecified atom stereocenters. The topological polar surface area (TPSA) is 99.3 Å². The zero-order valence-electron chi connectivity index (χ0n) is 10.5. The Hall–Kier alpha value is -2.12. The van der Waals surface area contributed by atoms with E-state index in [1.807, 2.05) is 6.07 Å². The lowest BCUT2D eigenvalue weighted by Crippen LogP contribution is -2.42. The highest BCUT2D eigenvalue weighted by Gasteiger charge is 2.25. The van der Waals surface area contributed by atoms with E-state index in [4.69, 9.17) is 5.11 Å². The van der Waals surface area contributed by atoms with Crippen molar-refractivity contribution in [1.29, 1.82) is 0 Å². The average molecular weight is 294 g/mol. The number of carboxylic acids is 1. The van der Waals surface area contributed by atoms with Crippen LogP contribution in [0.4, 0.5) is 0 Å². The van der Waals surface area contributed by atoms with Crippen molar-refractivity contribution in [2.45, 2.75) is 17.4 Å². The number of H-pyrrole nitrogens is 1. The largest absolute Gasteiger partial charge is 0.480 e. The minimum Gasteiger partial charge on any atom is -0.480 e. The summed E-state index contributed by atoms with van der Waals surface area (Å²) < 4.78 is 26.2. The molecule has 0 saturated carbocycles. The second-order valence-electron chi connectivity index (χ2n) is 4.25. The fourth-order valence-electron chi connectivity index (χ4n) is 1.76. The molecule has 2 aromatic rings. The van der Waals surface area contributed by atoms with Crippen LogP contribution in [0.25, 0.3) is 0 Å². The van der Waals surface area contributed by atoms with Crippen molar-refractivity contribution in [2.75, 3.05) is 0 Å². The lowest BCUT2D eigenvalue weighted by Gasteiger charge is -2.14. The number of aromatic nitrogens is 1. The molecule has 1 heterocycles. The van der Waals surface area contributed by atoms with Gasteiger partial charge in [0.15, 0.2) is 0 Å². The maximum atomic E-state index is 12.0. The molecule has 0 bridgehead atoms. The Morgan fingerprint density at radius 2 is 1.95 bits per heavy atom. The SMILES string of the molecule is O=C(O)[C@H](Cc1ccccc1)NS(=O)(=O)c1cc[nH]c1. The standard InChI is InChI=1S/C13H14N2O4S/c16-13(17)12(8-10-4-2-1-3-5-10)15-20(18,19)11-6-7-14-9-11/h1-7,9,12,14-15H,8H2,(H,16,17)/t12-/m0/s1.